The molecule has 0 aliphatic rings. The van der Waals surface area contributed by atoms with Crippen molar-refractivity contribution in [3.05, 3.63) is 0 Å². The standard InChI is InChI=1S/C10H21NO2.C2H6/c1-5-8(4)13-10(12)9(6-2)11-7-3;1-2/h8-9,11H,5-7H2,1-4H3;1-2H3. The summed E-state index contributed by atoms with van der Waals surface area (Å²) in [4.78, 5) is 11.4. The Morgan fingerprint density at radius 1 is 1.20 bits per heavy atom. The van der Waals surface area contributed by atoms with Crippen molar-refractivity contribution < 1.29 is 9.53 Å². The van der Waals surface area contributed by atoms with Crippen LogP contribution in [0.25, 0.3) is 0 Å². The molecule has 0 spiro atoms. The van der Waals surface area contributed by atoms with Crippen LogP contribution >= 0.6 is 0 Å². The molecular formula is C12H27NO2. The number of ether oxygens (including phenoxy) is 1. The maximum absolute atomic E-state index is 11.4. The fourth-order valence-electron chi connectivity index (χ4n) is 1.00. The predicted molar refractivity (Wildman–Crippen MR) is 64.9 cm³/mol. The van der Waals surface area contributed by atoms with Crippen LogP contribution < -0.4 is 5.32 Å². The second-order valence-electron chi connectivity index (χ2n) is 3.17. The molecule has 3 heteroatoms. The van der Waals surface area contributed by atoms with Crippen LogP contribution in [0.2, 0.25) is 0 Å². The van der Waals surface area contributed by atoms with E-state index in [9.17, 15) is 4.79 Å². The molecule has 92 valence electrons. The zero-order valence-corrected chi connectivity index (χ0v) is 11.1. The minimum atomic E-state index is -0.140. The Hall–Kier alpha value is -0.570. The van der Waals surface area contributed by atoms with E-state index in [1.807, 2.05) is 41.5 Å². The van der Waals surface area contributed by atoms with Crippen LogP contribution in [0, 0.1) is 0 Å². The lowest BCUT2D eigenvalue weighted by Gasteiger charge is -2.17. The number of nitrogens with one attached hydrogen (secondary N) is 1. The molecule has 0 aliphatic carbocycles. The smallest absolute Gasteiger partial charge is 0.323 e. The van der Waals surface area contributed by atoms with Gasteiger partial charge in [-0.05, 0) is 26.3 Å². The fraction of sp³-hybridized carbons (Fsp3) is 0.917. The fourth-order valence-corrected chi connectivity index (χ4v) is 1.00. The molecule has 3 nitrogen and oxygen atoms in total. The molecule has 0 aromatic heterocycles. The first-order chi connectivity index (χ1) is 7.15. The number of esters is 1. The van der Waals surface area contributed by atoms with Crippen LogP contribution in [0.15, 0.2) is 0 Å². The van der Waals surface area contributed by atoms with E-state index in [4.69, 9.17) is 4.74 Å². The summed E-state index contributed by atoms with van der Waals surface area (Å²) in [5, 5.41) is 3.09. The van der Waals surface area contributed by atoms with Gasteiger partial charge in [0.2, 0.25) is 0 Å². The van der Waals surface area contributed by atoms with Crippen molar-refractivity contribution in [2.24, 2.45) is 0 Å². The first-order valence-corrected chi connectivity index (χ1v) is 6.09. The largest absolute Gasteiger partial charge is 0.462 e. The molecule has 0 rings (SSSR count). The third-order valence-electron chi connectivity index (χ3n) is 2.04. The summed E-state index contributed by atoms with van der Waals surface area (Å²) in [5.41, 5.74) is 0. The number of carbonyl (C=O) groups is 1. The summed E-state index contributed by atoms with van der Waals surface area (Å²) in [7, 11) is 0. The molecule has 0 saturated carbocycles. The lowest BCUT2D eigenvalue weighted by molar-refractivity contribution is -0.151. The third kappa shape index (κ3) is 8.43. The van der Waals surface area contributed by atoms with E-state index >= 15 is 0 Å². The Morgan fingerprint density at radius 3 is 2.07 bits per heavy atom. The molecular weight excluding hydrogens is 190 g/mol. The van der Waals surface area contributed by atoms with Crippen molar-refractivity contribution in [1.82, 2.24) is 5.32 Å². The van der Waals surface area contributed by atoms with Crippen molar-refractivity contribution in [3.63, 3.8) is 0 Å². The number of hydrogen-bond donors (Lipinski definition) is 1. The summed E-state index contributed by atoms with van der Waals surface area (Å²) < 4.78 is 5.20. The van der Waals surface area contributed by atoms with Crippen LogP contribution in [0.1, 0.15) is 54.4 Å². The quantitative estimate of drug-likeness (QED) is 0.695. The average molecular weight is 217 g/mol. The first-order valence-electron chi connectivity index (χ1n) is 6.09. The van der Waals surface area contributed by atoms with E-state index in [2.05, 4.69) is 5.32 Å². The van der Waals surface area contributed by atoms with Crippen LogP contribution in [0.4, 0.5) is 0 Å². The molecule has 0 radical (unpaired) electrons. The van der Waals surface area contributed by atoms with Crippen molar-refractivity contribution in [1.29, 1.82) is 0 Å². The molecule has 2 atom stereocenters. The van der Waals surface area contributed by atoms with E-state index < -0.39 is 0 Å². The lowest BCUT2D eigenvalue weighted by atomic mass is 10.2. The molecule has 0 bridgehead atoms. The minimum Gasteiger partial charge on any atom is -0.462 e. The predicted octanol–water partition coefficient (Wildman–Crippen LogP) is 2.74. The van der Waals surface area contributed by atoms with Gasteiger partial charge in [-0.25, -0.2) is 0 Å². The maximum Gasteiger partial charge on any atom is 0.323 e. The topological polar surface area (TPSA) is 38.3 Å². The summed E-state index contributed by atoms with van der Waals surface area (Å²) in [6.45, 7) is 12.7. The van der Waals surface area contributed by atoms with Gasteiger partial charge in [-0.1, -0.05) is 34.6 Å². The van der Waals surface area contributed by atoms with Crippen molar-refractivity contribution >= 4 is 5.97 Å². The van der Waals surface area contributed by atoms with Gasteiger partial charge in [0.1, 0.15) is 6.04 Å². The van der Waals surface area contributed by atoms with E-state index in [0.29, 0.717) is 0 Å². The van der Waals surface area contributed by atoms with Crippen LogP contribution in [-0.4, -0.2) is 24.7 Å². The average Bonchev–Trinajstić information content (AvgIpc) is 2.28. The normalized spacial score (nSPS) is 13.5. The van der Waals surface area contributed by atoms with Crippen molar-refractivity contribution in [2.45, 2.75) is 66.5 Å². The molecule has 0 fully saturated rings. The molecule has 2 unspecified atom stereocenters. The Morgan fingerprint density at radius 2 is 1.73 bits per heavy atom. The summed E-state index contributed by atoms with van der Waals surface area (Å²) in [5.74, 6) is -0.126. The molecule has 0 aromatic carbocycles. The highest BCUT2D eigenvalue weighted by atomic mass is 16.5. The van der Waals surface area contributed by atoms with Gasteiger partial charge in [0.25, 0.3) is 0 Å². The Balaban J connectivity index is 0. The second-order valence-corrected chi connectivity index (χ2v) is 3.17. The molecule has 0 heterocycles. The first kappa shape index (κ1) is 16.8. The highest BCUT2D eigenvalue weighted by Gasteiger charge is 2.17. The number of likely N-dealkylation sites (N-methyl/N-ethyl adjacent to an activating group) is 1. The number of rotatable bonds is 6. The van der Waals surface area contributed by atoms with Crippen molar-refractivity contribution in [2.75, 3.05) is 6.54 Å². The van der Waals surface area contributed by atoms with Crippen LogP contribution in [-0.2, 0) is 9.53 Å². The highest BCUT2D eigenvalue weighted by Crippen LogP contribution is 2.01. The summed E-state index contributed by atoms with van der Waals surface area (Å²) in [6, 6.07) is -0.140. The van der Waals surface area contributed by atoms with Crippen LogP contribution in [0.3, 0.4) is 0 Å². The van der Waals surface area contributed by atoms with Crippen molar-refractivity contribution in [3.8, 4) is 0 Å². The van der Waals surface area contributed by atoms with E-state index in [1.165, 1.54) is 0 Å². The molecule has 0 amide bonds. The van der Waals surface area contributed by atoms with Crippen LogP contribution in [0.5, 0.6) is 0 Å². The summed E-state index contributed by atoms with van der Waals surface area (Å²) >= 11 is 0. The molecule has 0 aromatic rings. The Bertz CT molecular complexity index is 149. The molecule has 0 saturated heterocycles. The molecule has 0 aliphatic heterocycles. The van der Waals surface area contributed by atoms with E-state index in [-0.39, 0.29) is 18.1 Å². The van der Waals surface area contributed by atoms with E-state index in [1.54, 1.807) is 0 Å². The number of hydrogen-bond acceptors (Lipinski definition) is 3. The summed E-state index contributed by atoms with van der Waals surface area (Å²) in [6.07, 6.45) is 1.68. The maximum atomic E-state index is 11.4. The Kier molecular flexibility index (Phi) is 12.9. The minimum absolute atomic E-state index is 0.0280. The molecule has 15 heavy (non-hydrogen) atoms. The highest BCUT2D eigenvalue weighted by molar-refractivity contribution is 5.75. The SMILES string of the molecule is CC.CCNC(CC)C(=O)OC(C)CC. The monoisotopic (exact) mass is 217 g/mol. The van der Waals surface area contributed by atoms with Gasteiger partial charge >= 0.3 is 5.97 Å². The van der Waals surface area contributed by atoms with Gasteiger partial charge in [0.05, 0.1) is 6.10 Å². The van der Waals surface area contributed by atoms with Gasteiger partial charge in [0, 0.05) is 0 Å². The Labute approximate surface area is 94.6 Å². The lowest BCUT2D eigenvalue weighted by Crippen LogP contribution is -2.38. The third-order valence-corrected chi connectivity index (χ3v) is 2.04. The van der Waals surface area contributed by atoms with Gasteiger partial charge < -0.3 is 10.1 Å². The zero-order chi connectivity index (χ0) is 12.3. The van der Waals surface area contributed by atoms with Gasteiger partial charge in [0.15, 0.2) is 0 Å². The van der Waals surface area contributed by atoms with Gasteiger partial charge in [-0.2, -0.15) is 0 Å². The number of carbonyl (C=O) groups excluding carboxylic acids is 1. The van der Waals surface area contributed by atoms with Gasteiger partial charge in [-0.3, -0.25) is 4.79 Å². The second kappa shape index (κ2) is 11.5. The zero-order valence-electron chi connectivity index (χ0n) is 11.1. The van der Waals surface area contributed by atoms with Gasteiger partial charge in [-0.15, -0.1) is 0 Å². The molecule has 1 N–H and O–H groups in total. The van der Waals surface area contributed by atoms with E-state index in [0.717, 1.165) is 19.4 Å².